The maximum absolute atomic E-state index is 14.8. The number of hydrogen-bond acceptors (Lipinski definition) is 6. The lowest BCUT2D eigenvalue weighted by Crippen LogP contribution is -2.32. The van der Waals surface area contributed by atoms with Crippen LogP contribution in [0, 0.1) is 12.7 Å². The van der Waals surface area contributed by atoms with Gasteiger partial charge in [-0.05, 0) is 31.9 Å². The number of fused-ring (bicyclic) bond motifs is 1. The minimum Gasteiger partial charge on any atom is -0.471 e. The maximum atomic E-state index is 14.8. The summed E-state index contributed by atoms with van der Waals surface area (Å²) in [5.74, 6) is -0.575. The van der Waals surface area contributed by atoms with Crippen molar-refractivity contribution in [3.63, 3.8) is 0 Å². The lowest BCUT2D eigenvalue weighted by atomic mass is 9.99. The Kier molecular flexibility index (Phi) is 8.08. The Morgan fingerprint density at radius 1 is 1.16 bits per heavy atom. The Balaban J connectivity index is 1.78. The predicted molar refractivity (Wildman–Crippen MR) is 132 cm³/mol. The third-order valence-electron chi connectivity index (χ3n) is 6.22. The highest BCUT2D eigenvalue weighted by atomic mass is 19.3. The van der Waals surface area contributed by atoms with Gasteiger partial charge in [0.15, 0.2) is 12.3 Å². The molecule has 3 heterocycles. The van der Waals surface area contributed by atoms with Gasteiger partial charge in [0.05, 0.1) is 17.0 Å². The minimum absolute atomic E-state index is 0.0246. The van der Waals surface area contributed by atoms with E-state index in [4.69, 9.17) is 4.74 Å². The van der Waals surface area contributed by atoms with E-state index in [0.29, 0.717) is 36.3 Å². The van der Waals surface area contributed by atoms with E-state index in [-0.39, 0.29) is 28.8 Å². The van der Waals surface area contributed by atoms with E-state index in [9.17, 15) is 26.7 Å². The number of rotatable bonds is 8. The van der Waals surface area contributed by atoms with E-state index >= 15 is 0 Å². The molecule has 1 amide bonds. The zero-order valence-electron chi connectivity index (χ0n) is 20.9. The van der Waals surface area contributed by atoms with Gasteiger partial charge >= 0.3 is 0 Å². The topological polar surface area (TPSA) is 80.2 Å². The molecular formula is C26H26F5N5O2. The first-order valence-electron chi connectivity index (χ1n) is 11.9. The summed E-state index contributed by atoms with van der Waals surface area (Å²) in [4.78, 5) is 26.5. The summed E-state index contributed by atoms with van der Waals surface area (Å²) >= 11 is 0. The van der Waals surface area contributed by atoms with Gasteiger partial charge < -0.3 is 15.0 Å². The average molecular weight is 536 g/mol. The fourth-order valence-corrected chi connectivity index (χ4v) is 4.29. The van der Waals surface area contributed by atoms with Crippen LogP contribution in [-0.4, -0.2) is 51.9 Å². The van der Waals surface area contributed by atoms with Crippen LogP contribution in [0.25, 0.3) is 16.6 Å². The van der Waals surface area contributed by atoms with Crippen LogP contribution in [0.5, 0.6) is 5.88 Å². The van der Waals surface area contributed by atoms with E-state index in [1.807, 2.05) is 0 Å². The molecule has 4 rings (SSSR count). The van der Waals surface area contributed by atoms with Gasteiger partial charge in [-0.1, -0.05) is 24.3 Å². The van der Waals surface area contributed by atoms with Crippen LogP contribution in [-0.2, 0) is 4.79 Å². The number of hydrogen-bond donors (Lipinski definition) is 1. The summed E-state index contributed by atoms with van der Waals surface area (Å²) in [6, 6.07) is 4.68. The second kappa shape index (κ2) is 11.3. The van der Waals surface area contributed by atoms with Crippen molar-refractivity contribution in [2.45, 2.75) is 46.1 Å². The highest BCUT2D eigenvalue weighted by Crippen LogP contribution is 2.35. The van der Waals surface area contributed by atoms with Crippen molar-refractivity contribution in [3.8, 4) is 5.88 Å². The normalized spacial score (nSPS) is 14.7. The molecule has 1 atom stereocenters. The van der Waals surface area contributed by atoms with Gasteiger partial charge in [0.1, 0.15) is 17.5 Å². The van der Waals surface area contributed by atoms with Gasteiger partial charge in [-0.25, -0.2) is 31.9 Å². The van der Waals surface area contributed by atoms with Crippen molar-refractivity contribution in [1.82, 2.24) is 19.9 Å². The fraction of sp³-hybridized carbons (Fsp3) is 0.385. The first-order chi connectivity index (χ1) is 18.0. The molecule has 1 N–H and O–H groups in total. The molecular weight excluding hydrogens is 509 g/mol. The van der Waals surface area contributed by atoms with Crippen molar-refractivity contribution in [1.29, 1.82) is 0 Å². The third kappa shape index (κ3) is 5.84. The highest BCUT2D eigenvalue weighted by molar-refractivity contribution is 5.91. The molecule has 0 saturated carbocycles. The second-order valence-corrected chi connectivity index (χ2v) is 8.90. The van der Waals surface area contributed by atoms with Crippen molar-refractivity contribution >= 4 is 28.3 Å². The number of anilines is 1. The molecule has 3 aromatic rings. The minimum atomic E-state index is -2.97. The predicted octanol–water partition coefficient (Wildman–Crippen LogP) is 5.86. The molecule has 38 heavy (non-hydrogen) atoms. The lowest BCUT2D eigenvalue weighted by molar-refractivity contribution is -0.128. The first kappa shape index (κ1) is 27.2. The molecule has 2 aromatic heterocycles. The molecule has 0 radical (unpaired) electrons. The van der Waals surface area contributed by atoms with Crippen LogP contribution >= 0.6 is 0 Å². The number of carbonyl (C=O) groups excluding carboxylic acids is 1. The third-order valence-corrected chi connectivity index (χ3v) is 6.22. The molecule has 12 heteroatoms. The smallest absolute Gasteiger partial charge is 0.272 e. The van der Waals surface area contributed by atoms with Crippen LogP contribution in [0.15, 0.2) is 30.3 Å². The van der Waals surface area contributed by atoms with Gasteiger partial charge in [0.2, 0.25) is 11.8 Å². The Morgan fingerprint density at radius 2 is 1.89 bits per heavy atom. The van der Waals surface area contributed by atoms with Gasteiger partial charge in [-0.3, -0.25) is 4.79 Å². The molecule has 202 valence electrons. The monoisotopic (exact) mass is 535 g/mol. The van der Waals surface area contributed by atoms with Crippen molar-refractivity contribution in [3.05, 3.63) is 58.7 Å². The SMILES string of the molecule is CC(=O)N1CC=C(c2cc3c(N[C@H](C)c4cccc(C(F)F)c4F)nc(C)nc3nc2OCC(F)F)CC1. The molecule has 0 aliphatic carbocycles. The molecule has 0 fully saturated rings. The summed E-state index contributed by atoms with van der Waals surface area (Å²) in [6.07, 6.45) is -3.45. The number of nitrogens with one attached hydrogen (secondary N) is 1. The van der Waals surface area contributed by atoms with Crippen LogP contribution < -0.4 is 10.1 Å². The number of benzene rings is 1. The first-order valence-corrected chi connectivity index (χ1v) is 11.9. The number of pyridine rings is 1. The Bertz CT molecular complexity index is 1380. The van der Waals surface area contributed by atoms with Crippen LogP contribution in [0.4, 0.5) is 27.8 Å². The summed E-state index contributed by atoms with van der Waals surface area (Å²) < 4.78 is 72.5. The Hall–Kier alpha value is -3.83. The summed E-state index contributed by atoms with van der Waals surface area (Å²) in [5.41, 5.74) is 0.667. The highest BCUT2D eigenvalue weighted by Gasteiger charge is 2.23. The Morgan fingerprint density at radius 3 is 2.53 bits per heavy atom. The van der Waals surface area contributed by atoms with E-state index in [1.54, 1.807) is 30.9 Å². The molecule has 0 spiro atoms. The summed E-state index contributed by atoms with van der Waals surface area (Å²) in [6.45, 7) is 4.56. The van der Waals surface area contributed by atoms with Crippen LogP contribution in [0.2, 0.25) is 0 Å². The molecule has 0 saturated heterocycles. The largest absolute Gasteiger partial charge is 0.471 e. The fourth-order valence-electron chi connectivity index (χ4n) is 4.29. The molecule has 1 aliphatic rings. The van der Waals surface area contributed by atoms with Crippen LogP contribution in [0.1, 0.15) is 55.3 Å². The van der Waals surface area contributed by atoms with Crippen molar-refractivity contribution < 1.29 is 31.5 Å². The van der Waals surface area contributed by atoms with E-state index < -0.39 is 36.9 Å². The molecule has 1 aromatic carbocycles. The zero-order chi connectivity index (χ0) is 27.6. The van der Waals surface area contributed by atoms with Gasteiger partial charge in [-0.2, -0.15) is 4.98 Å². The number of nitrogens with zero attached hydrogens (tertiary/aromatic N) is 4. The maximum Gasteiger partial charge on any atom is 0.272 e. The van der Waals surface area contributed by atoms with E-state index in [0.717, 1.165) is 11.6 Å². The summed E-state index contributed by atoms with van der Waals surface area (Å²) in [7, 11) is 0. The van der Waals surface area contributed by atoms with Crippen molar-refractivity contribution in [2.24, 2.45) is 0 Å². The van der Waals surface area contributed by atoms with Gasteiger partial charge in [-0.15, -0.1) is 0 Å². The van der Waals surface area contributed by atoms with E-state index in [2.05, 4.69) is 20.3 Å². The molecule has 7 nitrogen and oxygen atoms in total. The van der Waals surface area contributed by atoms with Gasteiger partial charge in [0, 0.05) is 31.1 Å². The quantitative estimate of drug-likeness (QED) is 0.364. The van der Waals surface area contributed by atoms with Crippen molar-refractivity contribution in [2.75, 3.05) is 25.0 Å². The summed E-state index contributed by atoms with van der Waals surface area (Å²) in [5, 5.41) is 3.47. The number of aryl methyl sites for hydroxylation is 1. The Labute approximate surface area is 215 Å². The number of amides is 1. The van der Waals surface area contributed by atoms with Gasteiger partial charge in [0.25, 0.3) is 12.9 Å². The number of carbonyl (C=O) groups is 1. The second-order valence-electron chi connectivity index (χ2n) is 8.90. The molecule has 0 unspecified atom stereocenters. The average Bonchev–Trinajstić information content (AvgIpc) is 2.86. The number of halogens is 5. The molecule has 1 aliphatic heterocycles. The number of alkyl halides is 4. The number of ether oxygens (including phenoxy) is 1. The molecule has 0 bridgehead atoms. The number of aromatic nitrogens is 3. The zero-order valence-corrected chi connectivity index (χ0v) is 20.9. The standard InChI is InChI=1S/C26H26F5N5O2/c1-13(17-5-4-6-18(22(17)29)23(30)31)32-24-20-11-19(16-7-9-36(10-8-16)15(3)37)26(38-12-21(27)28)35-25(20)34-14(2)33-24/h4-7,11,13,21,23H,8-10,12H2,1-3H3,(H,32,33,34,35)/t13-/m1/s1. The van der Waals surface area contributed by atoms with E-state index in [1.165, 1.54) is 19.1 Å². The lowest BCUT2D eigenvalue weighted by Gasteiger charge is -2.26. The van der Waals surface area contributed by atoms with Crippen LogP contribution in [0.3, 0.4) is 0 Å².